The molecule has 2 rings (SSSR count). The average Bonchev–Trinajstić information content (AvgIpc) is 2.92. The molecule has 0 saturated carbocycles. The van der Waals surface area contributed by atoms with Crippen LogP contribution in [0.1, 0.15) is 124 Å². The quantitative estimate of drug-likeness (QED) is 0.109. The summed E-state index contributed by atoms with van der Waals surface area (Å²) in [5.74, 6) is 0.932. The Labute approximate surface area is 297 Å². The number of methoxy groups -OCH3 is 2. The third-order valence-corrected chi connectivity index (χ3v) is 15.0. The predicted octanol–water partition coefficient (Wildman–Crippen LogP) is 11.2. The van der Waals surface area contributed by atoms with Gasteiger partial charge in [0.1, 0.15) is 16.1 Å². The molecule has 0 aromatic heterocycles. The van der Waals surface area contributed by atoms with Gasteiger partial charge in [0.25, 0.3) is 0 Å². The molecule has 11 heteroatoms. The molecule has 0 amide bonds. The van der Waals surface area contributed by atoms with E-state index in [4.69, 9.17) is 13.4 Å². The van der Waals surface area contributed by atoms with Crippen LogP contribution in [-0.4, -0.2) is 38.5 Å². The van der Waals surface area contributed by atoms with Crippen molar-refractivity contribution in [1.82, 2.24) is 0 Å². The number of rotatable bonds is 9. The molecule has 2 aromatic carbocycles. The smallest absolute Gasteiger partial charge is 0.496 e. The fraction of sp³-hybridized carbons (Fsp3) is 0.583. The van der Waals surface area contributed by atoms with Crippen molar-refractivity contribution in [3.8, 4) is 22.6 Å². The second-order valence-electron chi connectivity index (χ2n) is 14.2. The van der Waals surface area contributed by atoms with Crippen molar-refractivity contribution in [2.45, 2.75) is 124 Å². The van der Waals surface area contributed by atoms with Crippen LogP contribution in [0.4, 0.5) is 13.2 Å². The van der Waals surface area contributed by atoms with Crippen molar-refractivity contribution in [2.75, 3.05) is 14.2 Å². The van der Waals surface area contributed by atoms with Gasteiger partial charge in [-0.15, -0.1) is 10.9 Å². The van der Waals surface area contributed by atoms with E-state index >= 15 is 0 Å². The molecule has 0 saturated heterocycles. The summed E-state index contributed by atoms with van der Waals surface area (Å²) in [4.78, 5) is 0. The Bertz CT molecular complexity index is 1420. The van der Waals surface area contributed by atoms with Gasteiger partial charge in [-0.05, 0) is 93.7 Å². The fourth-order valence-electron chi connectivity index (χ4n) is 5.81. The topological polar surface area (TPSA) is 61.8 Å². The third-order valence-electron chi connectivity index (χ3n) is 7.86. The Hall–Kier alpha value is -1.56. The van der Waals surface area contributed by atoms with Crippen LogP contribution in [0.15, 0.2) is 36.4 Å². The van der Waals surface area contributed by atoms with Gasteiger partial charge in [-0.1, -0.05) is 53.7 Å². The molecule has 0 N–H and O–H groups in total. The Morgan fingerprint density at radius 3 is 1.43 bits per heavy atom. The van der Waals surface area contributed by atoms with Crippen LogP contribution >= 0.6 is 7.49 Å². The number of hydrogen-bond acceptors (Lipinski definition) is 5. The van der Waals surface area contributed by atoms with Crippen molar-refractivity contribution < 1.29 is 55.5 Å². The summed E-state index contributed by atoms with van der Waals surface area (Å²) in [5.41, 5.74) is -1.20. The minimum absolute atomic E-state index is 0. The van der Waals surface area contributed by atoms with E-state index in [0.717, 1.165) is 22.3 Å². The zero-order valence-corrected chi connectivity index (χ0v) is 34.0. The normalized spacial score (nSPS) is 13.1. The molecule has 0 heterocycles. The molecule has 0 aliphatic heterocycles. The fourth-order valence-corrected chi connectivity index (χ4v) is 13.8. The Kier molecular flexibility index (Phi) is 16.3. The Balaban J connectivity index is 0.00000399. The van der Waals surface area contributed by atoms with E-state index in [9.17, 15) is 21.6 Å². The zero-order chi connectivity index (χ0) is 36.2. The van der Waals surface area contributed by atoms with Gasteiger partial charge < -0.3 is 9.47 Å². The van der Waals surface area contributed by atoms with Gasteiger partial charge in [0.2, 0.25) is 7.49 Å². The van der Waals surface area contributed by atoms with Gasteiger partial charge in [0, 0.05) is 0 Å². The van der Waals surface area contributed by atoms with Crippen LogP contribution < -0.4 is 14.8 Å². The number of alkyl halides is 3. The summed E-state index contributed by atoms with van der Waals surface area (Å²) in [5, 5.41) is -1.88. The van der Waals surface area contributed by atoms with E-state index in [1.807, 2.05) is 13.0 Å². The molecule has 2 aromatic rings. The van der Waals surface area contributed by atoms with E-state index in [1.54, 1.807) is 59.8 Å². The number of benzene rings is 2. The van der Waals surface area contributed by atoms with Crippen molar-refractivity contribution >= 4 is 22.9 Å². The van der Waals surface area contributed by atoms with Gasteiger partial charge in [-0.25, -0.2) is 19.1 Å². The molecular formula is C36H56F3O5PPdS+2. The standard InChI is InChI=1S/C32H49F3O5PS.C4H7.Pd/c1-19(2)22-17-23(20(3)4)27(24(18-22)21(5)6)28-25(38-13)15-16-26(39-14)29(28)41(30(7,8)9,31(10,11)12)40-42(36,37)32(33,34)35;1-3-4-2;/h15-21H,1-14H3;3-4H,1H2,2H3;/q+1;-1;+2. The summed E-state index contributed by atoms with van der Waals surface area (Å²) in [7, 11) is -6.97. The van der Waals surface area contributed by atoms with Crippen LogP contribution in [0.25, 0.3) is 11.1 Å². The molecule has 0 fully saturated rings. The molecule has 0 atom stereocenters. The van der Waals surface area contributed by atoms with E-state index in [2.05, 4.69) is 60.6 Å². The molecule has 0 radical (unpaired) electrons. The number of ether oxygens (including phenoxy) is 2. The number of hydrogen-bond donors (Lipinski definition) is 0. The van der Waals surface area contributed by atoms with Gasteiger partial charge in [-0.3, -0.25) is 0 Å². The molecule has 0 unspecified atom stereocenters. The summed E-state index contributed by atoms with van der Waals surface area (Å²) >= 11 is 0. The summed E-state index contributed by atoms with van der Waals surface area (Å²) in [6.07, 6.45) is 3.64. The minimum atomic E-state index is -6.03. The van der Waals surface area contributed by atoms with Crippen LogP contribution in [0.3, 0.4) is 0 Å². The van der Waals surface area contributed by atoms with E-state index in [-0.39, 0.29) is 43.9 Å². The van der Waals surface area contributed by atoms with Crippen LogP contribution in [0.5, 0.6) is 11.5 Å². The molecular weight excluding hydrogens is 739 g/mol. The van der Waals surface area contributed by atoms with Crippen LogP contribution in [-0.2, 0) is 34.5 Å². The summed E-state index contributed by atoms with van der Waals surface area (Å²) in [6.45, 7) is 28.3. The van der Waals surface area contributed by atoms with Crippen molar-refractivity contribution in [1.29, 1.82) is 0 Å². The van der Waals surface area contributed by atoms with Crippen molar-refractivity contribution in [2.24, 2.45) is 0 Å². The van der Waals surface area contributed by atoms with Gasteiger partial charge in [0.05, 0.1) is 19.8 Å². The third kappa shape index (κ3) is 9.57. The first-order chi connectivity index (χ1) is 20.8. The summed E-state index contributed by atoms with van der Waals surface area (Å²) in [6, 6.07) is 7.63. The molecule has 5 nitrogen and oxygen atoms in total. The van der Waals surface area contributed by atoms with E-state index in [1.165, 1.54) is 14.2 Å². The number of halogens is 3. The Morgan fingerprint density at radius 1 is 0.766 bits per heavy atom. The van der Waals surface area contributed by atoms with Gasteiger partial charge in [-0.2, -0.15) is 21.6 Å². The average molecular weight is 795 g/mol. The minimum Gasteiger partial charge on any atom is -0.496 e. The van der Waals surface area contributed by atoms with E-state index < -0.39 is 33.4 Å². The van der Waals surface area contributed by atoms with Gasteiger partial charge in [0.15, 0.2) is 11.1 Å². The first-order valence-corrected chi connectivity index (χ1v) is 18.7. The molecule has 0 aliphatic carbocycles. The molecule has 47 heavy (non-hydrogen) atoms. The van der Waals surface area contributed by atoms with Crippen molar-refractivity contribution in [3.63, 3.8) is 0 Å². The molecule has 270 valence electrons. The van der Waals surface area contributed by atoms with Gasteiger partial charge >= 0.3 is 36.0 Å². The van der Waals surface area contributed by atoms with E-state index in [0.29, 0.717) is 16.6 Å². The largest absolute Gasteiger partial charge is 2.00 e. The summed E-state index contributed by atoms with van der Waals surface area (Å²) < 4.78 is 85.9. The SMILES string of the molecule is COc1ccc(OC)c([P+](OS(=O)(=O)C(F)(F)F)(C(C)(C)C)C(C)(C)C)c1-c1c(C(C)C)cc(C(C)C)cc1C(C)C.[CH2-]C=CC.[Pd+2]. The molecule has 0 aliphatic rings. The van der Waals surface area contributed by atoms with Crippen LogP contribution in [0, 0.1) is 6.92 Å². The molecule has 0 bridgehead atoms. The van der Waals surface area contributed by atoms with Crippen molar-refractivity contribution in [3.05, 3.63) is 60.0 Å². The zero-order valence-electron chi connectivity index (χ0n) is 30.8. The number of allylic oxidation sites excluding steroid dienone is 2. The Morgan fingerprint density at radius 2 is 1.15 bits per heavy atom. The maximum absolute atomic E-state index is 14.1. The van der Waals surface area contributed by atoms with Crippen LogP contribution in [0.2, 0.25) is 0 Å². The second kappa shape index (κ2) is 16.9. The molecule has 0 spiro atoms. The maximum atomic E-state index is 14.1. The first kappa shape index (κ1) is 45.4. The maximum Gasteiger partial charge on any atom is 2.00 e. The monoisotopic (exact) mass is 794 g/mol. The first-order valence-electron chi connectivity index (χ1n) is 15.6. The predicted molar refractivity (Wildman–Crippen MR) is 190 cm³/mol. The second-order valence-corrected chi connectivity index (χ2v) is 20.5.